The van der Waals surface area contributed by atoms with Crippen LogP contribution in [0.3, 0.4) is 0 Å². The fourth-order valence-corrected chi connectivity index (χ4v) is 2.36. The maximum atomic E-state index is 6.20. The molecule has 0 atom stereocenters. The van der Waals surface area contributed by atoms with E-state index < -0.39 is 0 Å². The minimum atomic E-state index is 0.372. The number of rotatable bonds is 5. The van der Waals surface area contributed by atoms with Crippen molar-refractivity contribution in [3.8, 4) is 5.75 Å². The topological polar surface area (TPSA) is 24.5 Å². The molecule has 1 aromatic carbocycles. The number of hydrogen-bond acceptors (Lipinski definition) is 3. The third-order valence-electron chi connectivity index (χ3n) is 3.63. The highest BCUT2D eigenvalue weighted by Crippen LogP contribution is 2.22. The fourth-order valence-electron chi connectivity index (χ4n) is 2.36. The number of piperidine rings is 1. The summed E-state index contributed by atoms with van der Waals surface area (Å²) in [5.74, 6) is 1.05. The lowest BCUT2D eigenvalue weighted by Crippen LogP contribution is -2.35. The molecule has 19 heavy (non-hydrogen) atoms. The average Bonchev–Trinajstić information content (AvgIpc) is 2.40. The van der Waals surface area contributed by atoms with Crippen LogP contribution in [0.2, 0.25) is 0 Å². The van der Waals surface area contributed by atoms with E-state index >= 15 is 0 Å². The fraction of sp³-hybridized carbons (Fsp3) is 0.625. The molecule has 0 unspecified atom stereocenters. The molecule has 0 spiro atoms. The molecule has 3 nitrogen and oxygen atoms in total. The third kappa shape index (κ3) is 4.51. The largest absolute Gasteiger partial charge is 0.490 e. The van der Waals surface area contributed by atoms with Gasteiger partial charge in [-0.2, -0.15) is 0 Å². The summed E-state index contributed by atoms with van der Waals surface area (Å²) in [7, 11) is 2.18. The summed E-state index contributed by atoms with van der Waals surface area (Å²) in [6, 6.07) is 8.88. The van der Waals surface area contributed by atoms with Crippen molar-refractivity contribution in [2.75, 3.05) is 20.1 Å². The molecule has 1 aliphatic rings. The highest BCUT2D eigenvalue weighted by atomic mass is 16.5. The van der Waals surface area contributed by atoms with Gasteiger partial charge in [-0.15, -0.1) is 0 Å². The first kappa shape index (κ1) is 14.4. The second-order valence-electron chi connectivity index (χ2n) is 5.76. The summed E-state index contributed by atoms with van der Waals surface area (Å²) in [6.45, 7) is 7.48. The van der Waals surface area contributed by atoms with Gasteiger partial charge in [-0.25, -0.2) is 0 Å². The van der Waals surface area contributed by atoms with Gasteiger partial charge in [0.2, 0.25) is 0 Å². The first-order valence-electron chi connectivity index (χ1n) is 7.31. The van der Waals surface area contributed by atoms with Crippen LogP contribution in [0, 0.1) is 0 Å². The monoisotopic (exact) mass is 262 g/mol. The predicted molar refractivity (Wildman–Crippen MR) is 79.6 cm³/mol. The van der Waals surface area contributed by atoms with E-state index in [9.17, 15) is 0 Å². The second kappa shape index (κ2) is 6.92. The molecule has 0 amide bonds. The Bertz CT molecular complexity index is 384. The highest BCUT2D eigenvalue weighted by Gasteiger charge is 2.18. The Morgan fingerprint density at radius 2 is 1.95 bits per heavy atom. The van der Waals surface area contributed by atoms with Crippen LogP contribution >= 0.6 is 0 Å². The van der Waals surface area contributed by atoms with Gasteiger partial charge in [0.1, 0.15) is 11.9 Å². The van der Waals surface area contributed by atoms with E-state index in [-0.39, 0.29) is 0 Å². The maximum absolute atomic E-state index is 6.20. The SMILES string of the molecule is CC(C)NCc1ccccc1OC1CCN(C)CC1. The Balaban J connectivity index is 1.95. The summed E-state index contributed by atoms with van der Waals surface area (Å²) in [4.78, 5) is 2.37. The lowest BCUT2D eigenvalue weighted by Gasteiger charge is -2.30. The molecule has 0 bridgehead atoms. The first-order chi connectivity index (χ1) is 9.15. The zero-order chi connectivity index (χ0) is 13.7. The van der Waals surface area contributed by atoms with Gasteiger partial charge < -0.3 is 15.0 Å². The van der Waals surface area contributed by atoms with Gasteiger partial charge in [0.25, 0.3) is 0 Å². The number of likely N-dealkylation sites (tertiary alicyclic amines) is 1. The van der Waals surface area contributed by atoms with Crippen molar-refractivity contribution < 1.29 is 4.74 Å². The van der Waals surface area contributed by atoms with Crippen LogP contribution in [-0.2, 0) is 6.54 Å². The molecule has 106 valence electrons. The molecule has 1 saturated heterocycles. The van der Waals surface area contributed by atoms with Gasteiger partial charge in [0.15, 0.2) is 0 Å². The van der Waals surface area contributed by atoms with Crippen LogP contribution in [0.4, 0.5) is 0 Å². The first-order valence-corrected chi connectivity index (χ1v) is 7.31. The van der Waals surface area contributed by atoms with E-state index in [0.29, 0.717) is 12.1 Å². The summed E-state index contributed by atoms with van der Waals surface area (Å²) >= 11 is 0. The van der Waals surface area contributed by atoms with Crippen molar-refractivity contribution in [2.24, 2.45) is 0 Å². The Morgan fingerprint density at radius 3 is 2.63 bits per heavy atom. The molecular formula is C16H26N2O. The van der Waals surface area contributed by atoms with Crippen molar-refractivity contribution in [1.29, 1.82) is 0 Å². The summed E-state index contributed by atoms with van der Waals surface area (Å²) in [6.07, 6.45) is 2.63. The van der Waals surface area contributed by atoms with Gasteiger partial charge in [0.05, 0.1) is 0 Å². The molecule has 1 heterocycles. The summed E-state index contributed by atoms with van der Waals surface area (Å²) < 4.78 is 6.20. The van der Waals surface area contributed by atoms with Crippen LogP contribution in [0.25, 0.3) is 0 Å². The van der Waals surface area contributed by atoms with Crippen LogP contribution < -0.4 is 10.1 Å². The van der Waals surface area contributed by atoms with Gasteiger partial charge in [0, 0.05) is 31.2 Å². The highest BCUT2D eigenvalue weighted by molar-refractivity contribution is 5.33. The smallest absolute Gasteiger partial charge is 0.124 e. The van der Waals surface area contributed by atoms with Crippen molar-refractivity contribution in [2.45, 2.75) is 45.4 Å². The number of ether oxygens (including phenoxy) is 1. The van der Waals surface area contributed by atoms with Crippen molar-refractivity contribution in [3.63, 3.8) is 0 Å². The van der Waals surface area contributed by atoms with Crippen LogP contribution in [0.15, 0.2) is 24.3 Å². The number of nitrogens with zero attached hydrogens (tertiary/aromatic N) is 1. The molecule has 0 radical (unpaired) electrons. The molecule has 1 fully saturated rings. The van der Waals surface area contributed by atoms with Crippen molar-refractivity contribution in [3.05, 3.63) is 29.8 Å². The van der Waals surface area contributed by atoms with E-state index in [4.69, 9.17) is 4.74 Å². The maximum Gasteiger partial charge on any atom is 0.124 e. The van der Waals surface area contributed by atoms with E-state index in [1.54, 1.807) is 0 Å². The number of para-hydroxylation sites is 1. The van der Waals surface area contributed by atoms with Crippen molar-refractivity contribution in [1.82, 2.24) is 10.2 Å². The second-order valence-corrected chi connectivity index (χ2v) is 5.76. The zero-order valence-electron chi connectivity index (χ0n) is 12.4. The van der Waals surface area contributed by atoms with E-state index in [1.165, 1.54) is 5.56 Å². The normalized spacial score (nSPS) is 17.9. The van der Waals surface area contributed by atoms with E-state index in [0.717, 1.165) is 38.2 Å². The lowest BCUT2D eigenvalue weighted by molar-refractivity contribution is 0.113. The number of hydrogen-bond donors (Lipinski definition) is 1. The molecule has 0 aromatic heterocycles. The Labute approximate surface area is 116 Å². The third-order valence-corrected chi connectivity index (χ3v) is 3.63. The van der Waals surface area contributed by atoms with Gasteiger partial charge >= 0.3 is 0 Å². The van der Waals surface area contributed by atoms with Gasteiger partial charge in [-0.05, 0) is 26.0 Å². The Hall–Kier alpha value is -1.06. The lowest BCUT2D eigenvalue weighted by atomic mass is 10.1. The minimum absolute atomic E-state index is 0.372. The number of benzene rings is 1. The molecule has 1 aliphatic heterocycles. The Kier molecular flexibility index (Phi) is 5.23. The minimum Gasteiger partial charge on any atom is -0.490 e. The van der Waals surface area contributed by atoms with Crippen LogP contribution in [-0.4, -0.2) is 37.2 Å². The molecule has 3 heteroatoms. The molecule has 0 aliphatic carbocycles. The predicted octanol–water partition coefficient (Wildman–Crippen LogP) is 2.66. The molecule has 0 saturated carbocycles. The van der Waals surface area contributed by atoms with Gasteiger partial charge in [-0.1, -0.05) is 32.0 Å². The summed E-state index contributed by atoms with van der Waals surface area (Å²) in [5.41, 5.74) is 1.26. The van der Waals surface area contributed by atoms with Crippen LogP contribution in [0.1, 0.15) is 32.3 Å². The molecule has 1 aromatic rings. The number of nitrogens with one attached hydrogen (secondary N) is 1. The molecule has 1 N–H and O–H groups in total. The van der Waals surface area contributed by atoms with Crippen LogP contribution in [0.5, 0.6) is 5.75 Å². The van der Waals surface area contributed by atoms with E-state index in [2.05, 4.69) is 55.4 Å². The van der Waals surface area contributed by atoms with Gasteiger partial charge in [-0.3, -0.25) is 0 Å². The summed E-state index contributed by atoms with van der Waals surface area (Å²) in [5, 5.41) is 3.46. The molecular weight excluding hydrogens is 236 g/mol. The Morgan fingerprint density at radius 1 is 1.26 bits per heavy atom. The average molecular weight is 262 g/mol. The standard InChI is InChI=1S/C16H26N2O/c1-13(2)17-12-14-6-4-5-7-16(14)19-15-8-10-18(3)11-9-15/h4-7,13,15,17H,8-12H2,1-3H3. The molecule has 2 rings (SSSR count). The zero-order valence-corrected chi connectivity index (χ0v) is 12.4. The van der Waals surface area contributed by atoms with Crippen molar-refractivity contribution >= 4 is 0 Å². The quantitative estimate of drug-likeness (QED) is 0.883. The van der Waals surface area contributed by atoms with E-state index in [1.807, 2.05) is 0 Å².